The fourth-order valence-corrected chi connectivity index (χ4v) is 2.83. The standard InChI is InChI=1S/C23H23N3O2/c24-19-12-9-17(10-13-19)11-14-22(27)25-20-7-4-8-21(16-20)26-23(28)15-18-5-2-1-3-6-18/h1-10,12-13,16H,11,14-15,24H2,(H,25,27)(H,26,28). The third-order valence-electron chi connectivity index (χ3n) is 4.26. The van der Waals surface area contributed by atoms with Crippen molar-refractivity contribution in [2.45, 2.75) is 19.3 Å². The number of carbonyl (C=O) groups excluding carboxylic acids is 2. The first-order valence-corrected chi connectivity index (χ1v) is 9.16. The molecule has 0 aromatic heterocycles. The summed E-state index contributed by atoms with van der Waals surface area (Å²) in [6.07, 6.45) is 1.31. The Labute approximate surface area is 164 Å². The van der Waals surface area contributed by atoms with Crippen LogP contribution in [0.5, 0.6) is 0 Å². The molecule has 0 radical (unpaired) electrons. The normalized spacial score (nSPS) is 10.3. The maximum atomic E-state index is 12.2. The van der Waals surface area contributed by atoms with Gasteiger partial charge in [0.25, 0.3) is 0 Å². The lowest BCUT2D eigenvalue weighted by Gasteiger charge is -2.09. The predicted octanol–water partition coefficient (Wildman–Crippen LogP) is 4.02. The van der Waals surface area contributed by atoms with Gasteiger partial charge in [-0.05, 0) is 47.9 Å². The minimum atomic E-state index is -0.0990. The van der Waals surface area contributed by atoms with Gasteiger partial charge in [-0.25, -0.2) is 0 Å². The van der Waals surface area contributed by atoms with Crippen molar-refractivity contribution in [1.29, 1.82) is 0 Å². The second-order valence-corrected chi connectivity index (χ2v) is 6.58. The van der Waals surface area contributed by atoms with Crippen molar-refractivity contribution in [3.8, 4) is 0 Å². The Kier molecular flexibility index (Phi) is 6.41. The lowest BCUT2D eigenvalue weighted by atomic mass is 10.1. The molecule has 0 aliphatic carbocycles. The number of rotatable bonds is 7. The molecule has 0 unspecified atom stereocenters. The number of nitrogens with two attached hydrogens (primary N) is 1. The van der Waals surface area contributed by atoms with Crippen LogP contribution in [0.2, 0.25) is 0 Å². The van der Waals surface area contributed by atoms with E-state index in [2.05, 4.69) is 10.6 Å². The van der Waals surface area contributed by atoms with Gasteiger partial charge in [0, 0.05) is 23.5 Å². The number of hydrogen-bond donors (Lipinski definition) is 3. The summed E-state index contributed by atoms with van der Waals surface area (Å²) >= 11 is 0. The zero-order valence-electron chi connectivity index (χ0n) is 15.5. The van der Waals surface area contributed by atoms with Gasteiger partial charge < -0.3 is 16.4 Å². The van der Waals surface area contributed by atoms with E-state index in [-0.39, 0.29) is 11.8 Å². The summed E-state index contributed by atoms with van der Waals surface area (Å²) in [6, 6.07) is 24.2. The van der Waals surface area contributed by atoms with Gasteiger partial charge in [-0.3, -0.25) is 9.59 Å². The van der Waals surface area contributed by atoms with Gasteiger partial charge in [-0.15, -0.1) is 0 Å². The number of nitrogens with one attached hydrogen (secondary N) is 2. The molecular formula is C23H23N3O2. The third kappa shape index (κ3) is 5.99. The van der Waals surface area contributed by atoms with Crippen molar-refractivity contribution in [1.82, 2.24) is 0 Å². The van der Waals surface area contributed by atoms with Gasteiger partial charge in [-0.2, -0.15) is 0 Å². The van der Waals surface area contributed by atoms with Crippen LogP contribution >= 0.6 is 0 Å². The van der Waals surface area contributed by atoms with Gasteiger partial charge in [-0.1, -0.05) is 48.5 Å². The minimum absolute atomic E-state index is 0.0791. The Morgan fingerprint density at radius 3 is 2.04 bits per heavy atom. The summed E-state index contributed by atoms with van der Waals surface area (Å²) in [6.45, 7) is 0. The van der Waals surface area contributed by atoms with Gasteiger partial charge >= 0.3 is 0 Å². The Balaban J connectivity index is 1.51. The van der Waals surface area contributed by atoms with E-state index in [0.717, 1.165) is 11.1 Å². The van der Waals surface area contributed by atoms with Crippen LogP contribution in [0.15, 0.2) is 78.9 Å². The molecule has 5 heteroatoms. The summed E-state index contributed by atoms with van der Waals surface area (Å²) in [4.78, 5) is 24.4. The maximum absolute atomic E-state index is 12.2. The fourth-order valence-electron chi connectivity index (χ4n) is 2.83. The van der Waals surface area contributed by atoms with Gasteiger partial charge in [0.05, 0.1) is 6.42 Å². The van der Waals surface area contributed by atoms with Crippen LogP contribution in [0.25, 0.3) is 0 Å². The van der Waals surface area contributed by atoms with Crippen molar-refractivity contribution in [2.24, 2.45) is 0 Å². The number of nitrogen functional groups attached to an aromatic ring is 1. The van der Waals surface area contributed by atoms with Gasteiger partial charge in [0.15, 0.2) is 0 Å². The number of amides is 2. The second-order valence-electron chi connectivity index (χ2n) is 6.58. The molecule has 28 heavy (non-hydrogen) atoms. The molecule has 0 fully saturated rings. The maximum Gasteiger partial charge on any atom is 0.228 e. The molecule has 3 aromatic carbocycles. The van der Waals surface area contributed by atoms with Crippen molar-refractivity contribution in [2.75, 3.05) is 16.4 Å². The topological polar surface area (TPSA) is 84.2 Å². The summed E-state index contributed by atoms with van der Waals surface area (Å²) < 4.78 is 0. The van der Waals surface area contributed by atoms with E-state index in [1.807, 2.05) is 54.6 Å². The van der Waals surface area contributed by atoms with Crippen molar-refractivity contribution >= 4 is 28.9 Å². The Morgan fingerprint density at radius 1 is 0.714 bits per heavy atom. The Morgan fingerprint density at radius 2 is 1.36 bits per heavy atom. The molecular weight excluding hydrogens is 350 g/mol. The van der Waals surface area contributed by atoms with Crippen molar-refractivity contribution in [3.63, 3.8) is 0 Å². The summed E-state index contributed by atoms with van der Waals surface area (Å²) in [5.74, 6) is -0.178. The van der Waals surface area contributed by atoms with Crippen LogP contribution in [0.1, 0.15) is 17.5 Å². The van der Waals surface area contributed by atoms with E-state index in [9.17, 15) is 9.59 Å². The molecule has 142 valence electrons. The molecule has 0 atom stereocenters. The quantitative estimate of drug-likeness (QED) is 0.547. The highest BCUT2D eigenvalue weighted by molar-refractivity contribution is 5.94. The lowest BCUT2D eigenvalue weighted by Crippen LogP contribution is -2.15. The van der Waals surface area contributed by atoms with Gasteiger partial charge in [0.1, 0.15) is 0 Å². The lowest BCUT2D eigenvalue weighted by molar-refractivity contribution is -0.116. The SMILES string of the molecule is Nc1ccc(CCC(=O)Nc2cccc(NC(=O)Cc3ccccc3)c2)cc1. The largest absolute Gasteiger partial charge is 0.399 e. The Bertz CT molecular complexity index is 938. The van der Waals surface area contributed by atoms with Crippen molar-refractivity contribution < 1.29 is 9.59 Å². The molecule has 3 rings (SSSR count). The average molecular weight is 373 g/mol. The Hall–Kier alpha value is -3.60. The minimum Gasteiger partial charge on any atom is -0.399 e. The summed E-state index contributed by atoms with van der Waals surface area (Å²) in [5.41, 5.74) is 9.69. The first kappa shape index (κ1) is 19.2. The monoisotopic (exact) mass is 373 g/mol. The van der Waals surface area contributed by atoms with Crippen molar-refractivity contribution in [3.05, 3.63) is 90.0 Å². The molecule has 0 aliphatic rings. The highest BCUT2D eigenvalue weighted by atomic mass is 16.2. The molecule has 0 saturated carbocycles. The second kappa shape index (κ2) is 9.37. The average Bonchev–Trinajstić information content (AvgIpc) is 2.68. The molecule has 0 spiro atoms. The zero-order chi connectivity index (χ0) is 19.8. The molecule has 0 bridgehead atoms. The number of anilines is 3. The van der Waals surface area contributed by atoms with Crippen LogP contribution in [-0.4, -0.2) is 11.8 Å². The van der Waals surface area contributed by atoms with E-state index in [0.29, 0.717) is 36.3 Å². The molecule has 3 aromatic rings. The number of hydrogen-bond acceptors (Lipinski definition) is 3. The highest BCUT2D eigenvalue weighted by Crippen LogP contribution is 2.16. The summed E-state index contributed by atoms with van der Waals surface area (Å²) in [7, 11) is 0. The van der Waals surface area contributed by atoms with E-state index >= 15 is 0 Å². The zero-order valence-corrected chi connectivity index (χ0v) is 15.5. The predicted molar refractivity (Wildman–Crippen MR) is 113 cm³/mol. The molecule has 0 heterocycles. The van der Waals surface area contributed by atoms with Crippen LogP contribution in [0.3, 0.4) is 0 Å². The summed E-state index contributed by atoms with van der Waals surface area (Å²) in [5, 5.41) is 5.74. The molecule has 0 saturated heterocycles. The van der Waals surface area contributed by atoms with E-state index in [1.54, 1.807) is 24.3 Å². The number of carbonyl (C=O) groups is 2. The van der Waals surface area contributed by atoms with E-state index < -0.39 is 0 Å². The number of aryl methyl sites for hydroxylation is 1. The van der Waals surface area contributed by atoms with E-state index in [4.69, 9.17) is 5.73 Å². The first-order chi connectivity index (χ1) is 13.6. The highest BCUT2D eigenvalue weighted by Gasteiger charge is 2.07. The van der Waals surface area contributed by atoms with Crippen LogP contribution < -0.4 is 16.4 Å². The molecule has 4 N–H and O–H groups in total. The van der Waals surface area contributed by atoms with Crippen LogP contribution in [0, 0.1) is 0 Å². The third-order valence-corrected chi connectivity index (χ3v) is 4.26. The fraction of sp³-hybridized carbons (Fsp3) is 0.130. The van der Waals surface area contributed by atoms with E-state index in [1.165, 1.54) is 0 Å². The first-order valence-electron chi connectivity index (χ1n) is 9.16. The number of benzene rings is 3. The molecule has 2 amide bonds. The molecule has 5 nitrogen and oxygen atoms in total. The van der Waals surface area contributed by atoms with Crippen LogP contribution in [0.4, 0.5) is 17.1 Å². The van der Waals surface area contributed by atoms with Crippen LogP contribution in [-0.2, 0) is 22.4 Å². The molecule has 0 aliphatic heterocycles. The smallest absolute Gasteiger partial charge is 0.228 e. The van der Waals surface area contributed by atoms with Gasteiger partial charge in [0.2, 0.25) is 11.8 Å².